The summed E-state index contributed by atoms with van der Waals surface area (Å²) in [5.41, 5.74) is 11.7. The van der Waals surface area contributed by atoms with Gasteiger partial charge in [0, 0.05) is 121 Å². The zero-order chi connectivity index (χ0) is 71.0. The molecule has 5 fully saturated rings. The third-order valence-electron chi connectivity index (χ3n) is 20.3. The predicted octanol–water partition coefficient (Wildman–Crippen LogP) is 11.6. The van der Waals surface area contributed by atoms with Crippen molar-refractivity contribution in [2.45, 2.75) is 208 Å². The largest absolute Gasteiger partial charge is 0.393 e. The molecule has 101 heavy (non-hydrogen) atoms. The van der Waals surface area contributed by atoms with Crippen molar-refractivity contribution >= 4 is 50.2 Å². The second kappa shape index (κ2) is 32.4. The second-order valence-electron chi connectivity index (χ2n) is 27.9. The number of anilines is 3. The number of amides is 1. The Morgan fingerprint density at radius 3 is 1.59 bits per heavy atom. The SMILES string of the molecule is CNC(=O)c1cc(-c2cc(C3CCC(O)CC3)n3nc(N[C@@H](C)COC)ncc23)ccn1.CNS(=O)(=O)c1ccc(-c2cc(C3CCC(O)CC3)n3nc(N[C@@H](C)CC(F)(F)F)ncc23)cn1.OC1CCC(c2cc(-c3ccnc(N4CCCCC4)c3)c3cnc(CCCC4CC4)nn23)CC1. The van der Waals surface area contributed by atoms with E-state index < -0.39 is 28.7 Å². The number of nitrogens with one attached hydrogen (secondary N) is 4. The molecule has 5 aliphatic rings. The molecule has 9 aromatic heterocycles. The summed E-state index contributed by atoms with van der Waals surface area (Å²) >= 11 is 0. The van der Waals surface area contributed by atoms with Crippen LogP contribution < -0.4 is 25.6 Å². The lowest BCUT2D eigenvalue weighted by molar-refractivity contribution is -0.136. The normalized spacial score (nSPS) is 21.1. The molecule has 4 aliphatic carbocycles. The molecule has 9 aromatic rings. The van der Waals surface area contributed by atoms with Gasteiger partial charge in [-0.15, -0.1) is 10.2 Å². The highest BCUT2D eigenvalue weighted by Gasteiger charge is 2.33. The number of alkyl halides is 3. The Morgan fingerprint density at radius 1 is 0.594 bits per heavy atom. The molecular formula is C73H94F3N17O7S. The number of aromatic nitrogens is 12. The molecule has 540 valence electrons. The van der Waals surface area contributed by atoms with Gasteiger partial charge in [-0.2, -0.15) is 18.3 Å². The predicted molar refractivity (Wildman–Crippen MR) is 380 cm³/mol. The zero-order valence-electron chi connectivity index (χ0n) is 58.2. The second-order valence-corrected chi connectivity index (χ2v) is 29.8. The van der Waals surface area contributed by atoms with Gasteiger partial charge in [0.1, 0.15) is 17.3 Å². The molecule has 7 N–H and O–H groups in total. The summed E-state index contributed by atoms with van der Waals surface area (Å²) < 4.78 is 75.5. The summed E-state index contributed by atoms with van der Waals surface area (Å²) in [6.07, 6.45) is 24.3. The fraction of sp³-hybridized carbons (Fsp3) is 0.534. The number of aryl methyl sites for hydroxylation is 1. The summed E-state index contributed by atoms with van der Waals surface area (Å²) in [4.78, 5) is 41.0. The molecule has 14 rings (SSSR count). The first-order chi connectivity index (χ1) is 48.7. The fourth-order valence-corrected chi connectivity index (χ4v) is 15.3. The van der Waals surface area contributed by atoms with Crippen LogP contribution >= 0.6 is 0 Å². The highest BCUT2D eigenvalue weighted by Crippen LogP contribution is 2.42. The lowest BCUT2D eigenvalue weighted by atomic mass is 9.85. The van der Waals surface area contributed by atoms with E-state index in [1.54, 1.807) is 37.0 Å². The van der Waals surface area contributed by atoms with Gasteiger partial charge in [0.2, 0.25) is 11.9 Å². The van der Waals surface area contributed by atoms with Crippen LogP contribution in [0, 0.1) is 5.92 Å². The van der Waals surface area contributed by atoms with Crippen molar-refractivity contribution in [1.29, 1.82) is 0 Å². The highest BCUT2D eigenvalue weighted by molar-refractivity contribution is 7.89. The van der Waals surface area contributed by atoms with Crippen molar-refractivity contribution in [2.75, 3.05) is 56.4 Å². The van der Waals surface area contributed by atoms with E-state index in [4.69, 9.17) is 24.9 Å². The van der Waals surface area contributed by atoms with E-state index in [0.29, 0.717) is 54.0 Å². The molecule has 2 atom stereocenters. The van der Waals surface area contributed by atoms with E-state index in [9.17, 15) is 41.7 Å². The topological polar surface area (TPSA) is 302 Å². The number of hydrogen-bond acceptors (Lipinski definition) is 19. The van der Waals surface area contributed by atoms with Crippen LogP contribution in [0.25, 0.3) is 49.9 Å². The number of hydrogen-bond donors (Lipinski definition) is 7. The van der Waals surface area contributed by atoms with E-state index in [-0.39, 0.29) is 47.2 Å². The maximum absolute atomic E-state index is 12.8. The van der Waals surface area contributed by atoms with Crippen molar-refractivity contribution in [3.05, 3.63) is 120 Å². The summed E-state index contributed by atoms with van der Waals surface area (Å²) in [6, 6.07) is 16.6. The van der Waals surface area contributed by atoms with Crippen LogP contribution in [0.2, 0.25) is 0 Å². The number of fused-ring (bicyclic) bond motifs is 3. The van der Waals surface area contributed by atoms with Gasteiger partial charge in [0.25, 0.3) is 15.9 Å². The monoisotopic (exact) mass is 1410 g/mol. The number of sulfonamides is 1. The molecule has 0 radical (unpaired) electrons. The average Bonchev–Trinajstić information content (AvgIpc) is 1.64. The van der Waals surface area contributed by atoms with Crippen LogP contribution in [0.15, 0.2) is 96.8 Å². The van der Waals surface area contributed by atoms with E-state index >= 15 is 0 Å². The molecule has 1 amide bonds. The lowest BCUT2D eigenvalue weighted by Crippen LogP contribution is -2.30. The molecule has 4 saturated carbocycles. The number of halogens is 3. The van der Waals surface area contributed by atoms with Crippen molar-refractivity contribution in [3.63, 3.8) is 0 Å². The van der Waals surface area contributed by atoms with Gasteiger partial charge >= 0.3 is 6.18 Å². The van der Waals surface area contributed by atoms with Crippen LogP contribution in [-0.4, -0.2) is 166 Å². The zero-order valence-corrected chi connectivity index (χ0v) is 59.0. The average molecular weight is 1410 g/mol. The summed E-state index contributed by atoms with van der Waals surface area (Å²) in [5, 5.41) is 52.8. The van der Waals surface area contributed by atoms with Crippen LogP contribution in [0.5, 0.6) is 0 Å². The van der Waals surface area contributed by atoms with Gasteiger partial charge in [-0.1, -0.05) is 19.3 Å². The number of aliphatic hydroxyl groups is 3. The number of methoxy groups -OCH3 is 1. The number of piperidine rings is 1. The van der Waals surface area contributed by atoms with E-state index in [2.05, 4.69) is 79.4 Å². The van der Waals surface area contributed by atoms with Gasteiger partial charge in [-0.25, -0.2) is 51.6 Å². The molecule has 10 heterocycles. The summed E-state index contributed by atoms with van der Waals surface area (Å²) in [5.74, 6) is 4.17. The Morgan fingerprint density at radius 2 is 1.10 bits per heavy atom. The van der Waals surface area contributed by atoms with Crippen LogP contribution in [-0.2, 0) is 21.2 Å². The quantitative estimate of drug-likeness (QED) is 0.0352. The highest BCUT2D eigenvalue weighted by atomic mass is 32.2. The van der Waals surface area contributed by atoms with Gasteiger partial charge in [0.15, 0.2) is 5.03 Å². The standard InChI is InChI=1S/C28H37N5O.C23H30N6O3.C22H27F3N6O3S/c34-23-11-9-21(10-12-23)25-18-24(22-13-14-29-28(17-22)32-15-2-1-3-16-32)26-19-30-27(31-33(25)26)6-4-5-20-7-8-20;1-14(13-32-3)27-23-26-12-21-18(16-8-9-25-19(10-16)22(31)24-2)11-20(29(21)28-23)15-4-6-17(30)7-5-15;1-13(10-22(23,24)25)29-21-28-12-19-17(15-5-8-20(27-11-15)35(33,34)26-2)9-18(31(19)30-21)14-3-6-16(32)7-4-14/h13-14,17-21,23,34H,1-12,15-16H2;8-12,14-15,17,30H,4-7,13H2,1-3H3,(H,24,31)(H,27,28);5,8-9,11-14,16,26,32H,3-4,6-7,10H2,1-2H3,(H,29,30)/t;14-,15?,17?;13-,14?,16?/m.00/s1. The Hall–Kier alpha value is -8.28. The molecule has 1 saturated heterocycles. The first-order valence-corrected chi connectivity index (χ1v) is 37.3. The number of ether oxygens (including phenoxy) is 1. The van der Waals surface area contributed by atoms with Crippen molar-refractivity contribution in [2.24, 2.45) is 5.92 Å². The minimum Gasteiger partial charge on any atom is -0.393 e. The Kier molecular flexibility index (Phi) is 23.2. The Balaban J connectivity index is 0.000000143. The van der Waals surface area contributed by atoms with Gasteiger partial charge < -0.3 is 40.9 Å². The van der Waals surface area contributed by atoms with Crippen molar-refractivity contribution in [3.8, 4) is 33.4 Å². The number of aliphatic hydroxyl groups excluding tert-OH is 3. The third-order valence-corrected chi connectivity index (χ3v) is 21.6. The maximum atomic E-state index is 12.8. The van der Waals surface area contributed by atoms with Gasteiger partial charge in [-0.05, 0) is 195 Å². The Bertz CT molecular complexity index is 4380. The minimum absolute atomic E-state index is 0.0658. The van der Waals surface area contributed by atoms with Gasteiger partial charge in [-0.3, -0.25) is 9.78 Å². The molecular weight excluding hydrogens is 1320 g/mol. The number of rotatable bonds is 21. The fourth-order valence-electron chi connectivity index (χ4n) is 14.6. The molecule has 0 aromatic carbocycles. The molecule has 1 aliphatic heterocycles. The first kappa shape index (κ1) is 72.5. The number of nitrogens with zero attached hydrogens (tertiary/aromatic N) is 13. The number of pyridine rings is 3. The summed E-state index contributed by atoms with van der Waals surface area (Å²) in [7, 11) is 0.868. The Labute approximate surface area is 586 Å². The van der Waals surface area contributed by atoms with Crippen LogP contribution in [0.1, 0.15) is 193 Å². The lowest BCUT2D eigenvalue weighted by Gasteiger charge is -2.27. The number of carbonyl (C=O) groups excluding carboxylic acids is 1. The third kappa shape index (κ3) is 18.0. The molecule has 0 unspecified atom stereocenters. The van der Waals surface area contributed by atoms with Crippen molar-refractivity contribution < 1.29 is 46.4 Å². The van der Waals surface area contributed by atoms with E-state index in [0.717, 1.165) is 140 Å². The summed E-state index contributed by atoms with van der Waals surface area (Å²) in [6.45, 7) is 6.16. The van der Waals surface area contributed by atoms with Gasteiger partial charge in [0.05, 0.1) is 66.5 Å². The first-order valence-electron chi connectivity index (χ1n) is 35.8. The maximum Gasteiger partial charge on any atom is 0.391 e. The number of carbonyl (C=O) groups is 1. The van der Waals surface area contributed by atoms with E-state index in [1.807, 2.05) is 42.2 Å². The minimum atomic E-state index is -4.31. The van der Waals surface area contributed by atoms with Crippen molar-refractivity contribution in [1.82, 2.24) is 68.8 Å². The van der Waals surface area contributed by atoms with Crippen LogP contribution in [0.4, 0.5) is 30.9 Å². The molecule has 0 bridgehead atoms. The molecule has 28 heteroatoms. The smallest absolute Gasteiger partial charge is 0.391 e. The van der Waals surface area contributed by atoms with E-state index in [1.165, 1.54) is 94.2 Å². The van der Waals surface area contributed by atoms with Crippen LogP contribution in [0.3, 0.4) is 0 Å². The molecule has 0 spiro atoms. The molecule has 24 nitrogen and oxygen atoms in total.